The first kappa shape index (κ1) is 15.3. The maximum atomic E-state index is 5.41. The molecule has 0 fully saturated rings. The third-order valence-corrected chi connectivity index (χ3v) is 6.65. The lowest BCUT2D eigenvalue weighted by atomic mass is 9.94. The topological polar surface area (TPSA) is 18.5 Å². The van der Waals surface area contributed by atoms with Crippen molar-refractivity contribution in [1.29, 1.82) is 0 Å². The number of hydrogen-bond donors (Lipinski definition) is 0. The molecule has 0 saturated heterocycles. The molecule has 0 unspecified atom stereocenters. The average molecular weight is 332 g/mol. The van der Waals surface area contributed by atoms with Crippen LogP contribution < -0.4 is 5.19 Å². The third-order valence-electron chi connectivity index (χ3n) is 4.74. The molecule has 2 nitrogen and oxygen atoms in total. The molecule has 0 aromatic heterocycles. The summed E-state index contributed by atoms with van der Waals surface area (Å²) in [6, 6.07) is 24.2. The molecule has 0 aliphatic rings. The first-order valence-corrected chi connectivity index (χ1v) is 9.72. The van der Waals surface area contributed by atoms with Gasteiger partial charge in [0.2, 0.25) is 0 Å². The normalized spacial score (nSPS) is 12.3. The van der Waals surface area contributed by atoms with Crippen LogP contribution in [-0.4, -0.2) is 29.7 Å². The maximum Gasteiger partial charge on any atom is 0.139 e. The standard InChI is InChI=1S/C21H20O2Si/c1-22-21(23-2)24-14-11-12-19-17-9-4-3-7-15(17)16-8-5-6-10-18(16)20(19)13-14/h3-13,21H,24H2,1-2H3. The summed E-state index contributed by atoms with van der Waals surface area (Å²) in [7, 11) is 2.78. The lowest BCUT2D eigenvalue weighted by Crippen LogP contribution is -2.31. The number of fused-ring (bicyclic) bond motifs is 6. The molecular formula is C21H20O2Si. The van der Waals surface area contributed by atoms with Crippen molar-refractivity contribution in [2.45, 2.75) is 5.91 Å². The van der Waals surface area contributed by atoms with Gasteiger partial charge in [-0.1, -0.05) is 71.9 Å². The van der Waals surface area contributed by atoms with Crippen LogP contribution in [0.15, 0.2) is 66.7 Å². The highest BCUT2D eigenvalue weighted by molar-refractivity contribution is 6.55. The maximum absolute atomic E-state index is 5.41. The van der Waals surface area contributed by atoms with Gasteiger partial charge in [0.05, 0.1) is 0 Å². The molecule has 0 spiro atoms. The van der Waals surface area contributed by atoms with Crippen LogP contribution in [0.25, 0.3) is 32.3 Å². The minimum absolute atomic E-state index is 0.0748. The van der Waals surface area contributed by atoms with E-state index in [1.807, 2.05) is 0 Å². The lowest BCUT2D eigenvalue weighted by Gasteiger charge is -2.15. The monoisotopic (exact) mass is 332 g/mol. The van der Waals surface area contributed by atoms with Crippen LogP contribution in [0.3, 0.4) is 0 Å². The van der Waals surface area contributed by atoms with Crippen LogP contribution in [-0.2, 0) is 9.47 Å². The van der Waals surface area contributed by atoms with E-state index in [0.717, 1.165) is 0 Å². The van der Waals surface area contributed by atoms with Gasteiger partial charge in [0.15, 0.2) is 0 Å². The quantitative estimate of drug-likeness (QED) is 0.323. The molecule has 0 amide bonds. The third kappa shape index (κ3) is 2.51. The molecule has 0 saturated carbocycles. The number of benzene rings is 4. The van der Waals surface area contributed by atoms with Gasteiger partial charge in [0.25, 0.3) is 0 Å². The SMILES string of the molecule is COC(OC)[SiH2]c1ccc2c3ccccc3c3ccccc3c2c1. The first-order valence-electron chi connectivity index (χ1n) is 8.19. The van der Waals surface area contributed by atoms with E-state index in [1.165, 1.54) is 37.5 Å². The van der Waals surface area contributed by atoms with Gasteiger partial charge in [-0.3, -0.25) is 0 Å². The lowest BCUT2D eigenvalue weighted by molar-refractivity contribution is -0.0429. The van der Waals surface area contributed by atoms with Gasteiger partial charge >= 0.3 is 0 Å². The highest BCUT2D eigenvalue weighted by Gasteiger charge is 2.11. The van der Waals surface area contributed by atoms with Crippen molar-refractivity contribution in [2.24, 2.45) is 0 Å². The molecular weight excluding hydrogens is 312 g/mol. The molecule has 120 valence electrons. The van der Waals surface area contributed by atoms with Crippen molar-refractivity contribution in [3.63, 3.8) is 0 Å². The minimum atomic E-state index is -0.648. The average Bonchev–Trinajstić information content (AvgIpc) is 2.66. The second-order valence-electron chi connectivity index (χ2n) is 6.08. The van der Waals surface area contributed by atoms with E-state index < -0.39 is 9.52 Å². The van der Waals surface area contributed by atoms with Gasteiger partial charge in [-0.25, -0.2) is 0 Å². The number of hydrogen-bond acceptors (Lipinski definition) is 2. The predicted molar refractivity (Wildman–Crippen MR) is 105 cm³/mol. The molecule has 4 aromatic rings. The van der Waals surface area contributed by atoms with Crippen molar-refractivity contribution in [3.05, 3.63) is 66.7 Å². The summed E-state index contributed by atoms with van der Waals surface area (Å²) >= 11 is 0. The van der Waals surface area contributed by atoms with Crippen LogP contribution in [0.1, 0.15) is 0 Å². The fourth-order valence-corrected chi connectivity index (χ4v) is 4.83. The summed E-state index contributed by atoms with van der Waals surface area (Å²) in [6.07, 6.45) is 0. The van der Waals surface area contributed by atoms with Crippen molar-refractivity contribution < 1.29 is 9.47 Å². The van der Waals surface area contributed by atoms with Crippen LogP contribution in [0.5, 0.6) is 0 Å². The molecule has 0 N–H and O–H groups in total. The zero-order chi connectivity index (χ0) is 16.5. The van der Waals surface area contributed by atoms with Crippen molar-refractivity contribution in [3.8, 4) is 0 Å². The Bertz CT molecular complexity index is 987. The molecule has 0 heterocycles. The summed E-state index contributed by atoms with van der Waals surface area (Å²) in [5, 5.41) is 9.25. The molecule has 0 radical (unpaired) electrons. The summed E-state index contributed by atoms with van der Waals surface area (Å²) in [6.45, 7) is 0. The van der Waals surface area contributed by atoms with Gasteiger partial charge in [0, 0.05) is 14.2 Å². The Morgan fingerprint density at radius 3 is 1.58 bits per heavy atom. The van der Waals surface area contributed by atoms with Crippen molar-refractivity contribution in [1.82, 2.24) is 0 Å². The van der Waals surface area contributed by atoms with Gasteiger partial charge in [-0.05, 0) is 32.3 Å². The molecule has 0 bridgehead atoms. The summed E-state index contributed by atoms with van der Waals surface area (Å²) < 4.78 is 10.8. The van der Waals surface area contributed by atoms with Crippen LogP contribution in [0, 0.1) is 0 Å². The highest BCUT2D eigenvalue weighted by atomic mass is 28.2. The van der Waals surface area contributed by atoms with E-state index >= 15 is 0 Å². The second-order valence-corrected chi connectivity index (χ2v) is 7.97. The Morgan fingerprint density at radius 1 is 0.625 bits per heavy atom. The minimum Gasteiger partial charge on any atom is -0.360 e. The van der Waals surface area contributed by atoms with Crippen LogP contribution in [0.2, 0.25) is 0 Å². The summed E-state index contributed by atoms with van der Waals surface area (Å²) in [4.78, 5) is 0. The fourth-order valence-electron chi connectivity index (χ4n) is 3.54. The predicted octanol–water partition coefficient (Wildman–Crippen LogP) is 3.52. The number of methoxy groups -OCH3 is 2. The first-order chi connectivity index (χ1) is 11.8. The Labute approximate surface area is 143 Å². The van der Waals surface area contributed by atoms with Crippen LogP contribution >= 0.6 is 0 Å². The molecule has 0 aliphatic carbocycles. The Balaban J connectivity index is 2.02. The summed E-state index contributed by atoms with van der Waals surface area (Å²) in [5.41, 5.74) is 0. The van der Waals surface area contributed by atoms with Gasteiger partial charge < -0.3 is 9.47 Å². The molecule has 4 aromatic carbocycles. The molecule has 3 heteroatoms. The van der Waals surface area contributed by atoms with E-state index in [1.54, 1.807) is 14.2 Å². The zero-order valence-corrected chi connectivity index (χ0v) is 15.4. The van der Waals surface area contributed by atoms with E-state index in [0.29, 0.717) is 0 Å². The Morgan fingerprint density at radius 2 is 1.08 bits per heavy atom. The number of ether oxygens (including phenoxy) is 2. The van der Waals surface area contributed by atoms with Gasteiger partial charge in [-0.2, -0.15) is 0 Å². The Hall–Kier alpha value is -2.20. The molecule has 24 heavy (non-hydrogen) atoms. The Kier molecular flexibility index (Phi) is 4.06. The van der Waals surface area contributed by atoms with Crippen molar-refractivity contribution in [2.75, 3.05) is 14.2 Å². The summed E-state index contributed by atoms with van der Waals surface area (Å²) in [5.74, 6) is -0.0748. The van der Waals surface area contributed by atoms with E-state index in [9.17, 15) is 0 Å². The molecule has 0 aliphatic heterocycles. The fraction of sp³-hybridized carbons (Fsp3) is 0.143. The largest absolute Gasteiger partial charge is 0.360 e. The van der Waals surface area contributed by atoms with Gasteiger partial charge in [0.1, 0.15) is 15.4 Å². The second kappa shape index (κ2) is 6.36. The van der Waals surface area contributed by atoms with Gasteiger partial charge in [-0.15, -0.1) is 0 Å². The zero-order valence-electron chi connectivity index (χ0n) is 14.0. The molecule has 0 atom stereocenters. The van der Waals surface area contributed by atoms with E-state index in [4.69, 9.17) is 9.47 Å². The van der Waals surface area contributed by atoms with E-state index in [2.05, 4.69) is 66.7 Å². The smallest absolute Gasteiger partial charge is 0.139 e. The van der Waals surface area contributed by atoms with Crippen molar-refractivity contribution >= 4 is 47.0 Å². The van der Waals surface area contributed by atoms with E-state index in [-0.39, 0.29) is 5.91 Å². The molecule has 4 rings (SSSR count). The highest BCUT2D eigenvalue weighted by Crippen LogP contribution is 2.34. The van der Waals surface area contributed by atoms with Crippen LogP contribution in [0.4, 0.5) is 0 Å². The number of rotatable bonds is 4.